The van der Waals surface area contributed by atoms with Crippen LogP contribution in [0.3, 0.4) is 0 Å². The fourth-order valence-electron chi connectivity index (χ4n) is 2.84. The SMILES string of the molecule is CC(N)/C=C/C(=O)N1Cc2ccccc2C[C@H]1C(=O)NC1CC1. The van der Waals surface area contributed by atoms with E-state index < -0.39 is 6.04 Å². The van der Waals surface area contributed by atoms with Gasteiger partial charge in [0.05, 0.1) is 0 Å². The van der Waals surface area contributed by atoms with Gasteiger partial charge in [0.25, 0.3) is 0 Å². The number of benzene rings is 1. The number of nitrogens with zero attached hydrogens (tertiary/aromatic N) is 1. The fourth-order valence-corrected chi connectivity index (χ4v) is 2.84. The average molecular weight is 313 g/mol. The highest BCUT2D eigenvalue weighted by atomic mass is 16.2. The highest BCUT2D eigenvalue weighted by Gasteiger charge is 2.36. The van der Waals surface area contributed by atoms with Gasteiger partial charge in [0.15, 0.2) is 0 Å². The molecule has 122 valence electrons. The summed E-state index contributed by atoms with van der Waals surface area (Å²) in [4.78, 5) is 26.7. The first-order chi connectivity index (χ1) is 11.0. The summed E-state index contributed by atoms with van der Waals surface area (Å²) in [5, 5.41) is 3.02. The number of carbonyl (C=O) groups excluding carboxylic acids is 2. The van der Waals surface area contributed by atoms with Crippen molar-refractivity contribution in [1.29, 1.82) is 0 Å². The Morgan fingerprint density at radius 2 is 2.00 bits per heavy atom. The minimum Gasteiger partial charge on any atom is -0.352 e. The Labute approximate surface area is 136 Å². The predicted octanol–water partition coefficient (Wildman–Crippen LogP) is 1.12. The van der Waals surface area contributed by atoms with Crippen LogP contribution < -0.4 is 11.1 Å². The molecule has 0 aromatic heterocycles. The lowest BCUT2D eigenvalue weighted by Crippen LogP contribution is -2.52. The molecular formula is C18H23N3O2. The topological polar surface area (TPSA) is 75.4 Å². The maximum atomic E-state index is 12.6. The van der Waals surface area contributed by atoms with Gasteiger partial charge in [0, 0.05) is 31.1 Å². The van der Waals surface area contributed by atoms with Gasteiger partial charge < -0.3 is 16.0 Å². The number of hydrogen-bond acceptors (Lipinski definition) is 3. The lowest BCUT2D eigenvalue weighted by atomic mass is 9.93. The molecule has 1 saturated carbocycles. The Hall–Kier alpha value is -2.14. The van der Waals surface area contributed by atoms with E-state index >= 15 is 0 Å². The second-order valence-corrected chi connectivity index (χ2v) is 6.46. The Kier molecular flexibility index (Phi) is 4.48. The van der Waals surface area contributed by atoms with Crippen molar-refractivity contribution >= 4 is 11.8 Å². The molecule has 0 spiro atoms. The Morgan fingerprint density at radius 3 is 2.65 bits per heavy atom. The van der Waals surface area contributed by atoms with Gasteiger partial charge >= 0.3 is 0 Å². The zero-order chi connectivity index (χ0) is 16.4. The first-order valence-corrected chi connectivity index (χ1v) is 8.16. The van der Waals surface area contributed by atoms with E-state index in [-0.39, 0.29) is 23.9 Å². The Bertz CT molecular complexity index is 635. The molecule has 1 aliphatic heterocycles. The largest absolute Gasteiger partial charge is 0.352 e. The summed E-state index contributed by atoms with van der Waals surface area (Å²) in [7, 11) is 0. The van der Waals surface area contributed by atoms with Crippen LogP contribution in [0.2, 0.25) is 0 Å². The van der Waals surface area contributed by atoms with Gasteiger partial charge in [-0.05, 0) is 30.9 Å². The van der Waals surface area contributed by atoms with E-state index in [1.165, 1.54) is 6.08 Å². The van der Waals surface area contributed by atoms with Gasteiger partial charge in [-0.15, -0.1) is 0 Å². The van der Waals surface area contributed by atoms with E-state index in [9.17, 15) is 9.59 Å². The third kappa shape index (κ3) is 3.79. The highest BCUT2D eigenvalue weighted by molar-refractivity contribution is 5.93. The van der Waals surface area contributed by atoms with Gasteiger partial charge in [0.2, 0.25) is 11.8 Å². The molecule has 3 N–H and O–H groups in total. The van der Waals surface area contributed by atoms with E-state index in [0.29, 0.717) is 13.0 Å². The van der Waals surface area contributed by atoms with Crippen LogP contribution in [-0.2, 0) is 22.6 Å². The van der Waals surface area contributed by atoms with Crippen molar-refractivity contribution < 1.29 is 9.59 Å². The molecule has 5 heteroatoms. The van der Waals surface area contributed by atoms with Crippen LogP contribution in [0.25, 0.3) is 0 Å². The molecule has 1 aliphatic carbocycles. The zero-order valence-corrected chi connectivity index (χ0v) is 13.4. The second-order valence-electron chi connectivity index (χ2n) is 6.46. The molecule has 2 aliphatic rings. The fraction of sp³-hybridized carbons (Fsp3) is 0.444. The van der Waals surface area contributed by atoms with Crippen molar-refractivity contribution in [2.45, 2.75) is 50.9 Å². The standard InChI is InChI=1S/C18H23N3O2/c1-12(19)6-9-17(22)21-11-14-5-3-2-4-13(14)10-16(21)18(23)20-15-7-8-15/h2-6,9,12,15-16H,7-8,10-11,19H2,1H3,(H,20,23)/b9-6+/t12?,16-/m0/s1. The van der Waals surface area contributed by atoms with Crippen LogP contribution in [0.1, 0.15) is 30.9 Å². The molecule has 0 saturated heterocycles. The molecule has 2 atom stereocenters. The first kappa shape index (κ1) is 15.7. The predicted molar refractivity (Wildman–Crippen MR) is 88.4 cm³/mol. The van der Waals surface area contributed by atoms with Gasteiger partial charge in [-0.1, -0.05) is 30.3 Å². The molecule has 1 unspecified atom stereocenters. The number of nitrogens with two attached hydrogens (primary N) is 1. The molecule has 1 aromatic carbocycles. The molecule has 2 amide bonds. The summed E-state index contributed by atoms with van der Waals surface area (Å²) in [5.74, 6) is -0.211. The summed E-state index contributed by atoms with van der Waals surface area (Å²) in [6.07, 6.45) is 5.78. The smallest absolute Gasteiger partial charge is 0.247 e. The van der Waals surface area contributed by atoms with E-state index in [2.05, 4.69) is 5.32 Å². The quantitative estimate of drug-likeness (QED) is 0.818. The summed E-state index contributed by atoms with van der Waals surface area (Å²) < 4.78 is 0. The normalized spacial score (nSPS) is 21.8. The van der Waals surface area contributed by atoms with Crippen LogP contribution in [-0.4, -0.2) is 34.8 Å². The summed E-state index contributed by atoms with van der Waals surface area (Å²) >= 11 is 0. The lowest BCUT2D eigenvalue weighted by molar-refractivity contribution is -0.138. The van der Waals surface area contributed by atoms with Crippen molar-refractivity contribution in [3.8, 4) is 0 Å². The van der Waals surface area contributed by atoms with Crippen molar-refractivity contribution in [3.63, 3.8) is 0 Å². The Morgan fingerprint density at radius 1 is 1.30 bits per heavy atom. The van der Waals surface area contributed by atoms with E-state index in [0.717, 1.165) is 24.0 Å². The van der Waals surface area contributed by atoms with Crippen molar-refractivity contribution in [3.05, 3.63) is 47.5 Å². The van der Waals surface area contributed by atoms with E-state index in [1.54, 1.807) is 11.0 Å². The number of fused-ring (bicyclic) bond motifs is 1. The number of amides is 2. The third-order valence-electron chi connectivity index (χ3n) is 4.30. The average Bonchev–Trinajstić information content (AvgIpc) is 3.35. The summed E-state index contributed by atoms with van der Waals surface area (Å²) in [6, 6.07) is 7.64. The highest BCUT2D eigenvalue weighted by Crippen LogP contribution is 2.25. The number of hydrogen-bond donors (Lipinski definition) is 2. The van der Waals surface area contributed by atoms with Crippen molar-refractivity contribution in [2.75, 3.05) is 0 Å². The van der Waals surface area contributed by atoms with Crippen molar-refractivity contribution in [1.82, 2.24) is 10.2 Å². The maximum absolute atomic E-state index is 12.6. The maximum Gasteiger partial charge on any atom is 0.247 e. The molecular weight excluding hydrogens is 290 g/mol. The minimum atomic E-state index is -0.448. The molecule has 1 aromatic rings. The lowest BCUT2D eigenvalue weighted by Gasteiger charge is -2.35. The van der Waals surface area contributed by atoms with Gasteiger partial charge in [-0.25, -0.2) is 0 Å². The number of carbonyl (C=O) groups is 2. The third-order valence-corrected chi connectivity index (χ3v) is 4.30. The monoisotopic (exact) mass is 313 g/mol. The van der Waals surface area contributed by atoms with Gasteiger partial charge in [-0.2, -0.15) is 0 Å². The number of rotatable bonds is 4. The van der Waals surface area contributed by atoms with E-state index in [1.807, 2.05) is 31.2 Å². The van der Waals surface area contributed by atoms with E-state index in [4.69, 9.17) is 5.73 Å². The van der Waals surface area contributed by atoms with Crippen LogP contribution in [0.5, 0.6) is 0 Å². The van der Waals surface area contributed by atoms with Crippen LogP contribution >= 0.6 is 0 Å². The second kappa shape index (κ2) is 6.54. The molecule has 1 fully saturated rings. The minimum absolute atomic E-state index is 0.0513. The molecule has 3 rings (SSSR count). The van der Waals surface area contributed by atoms with Gasteiger partial charge in [0.1, 0.15) is 6.04 Å². The molecule has 1 heterocycles. The molecule has 0 bridgehead atoms. The van der Waals surface area contributed by atoms with Crippen LogP contribution in [0.4, 0.5) is 0 Å². The molecule has 23 heavy (non-hydrogen) atoms. The van der Waals surface area contributed by atoms with Gasteiger partial charge in [-0.3, -0.25) is 9.59 Å². The summed E-state index contributed by atoms with van der Waals surface area (Å²) in [6.45, 7) is 2.27. The van der Waals surface area contributed by atoms with Crippen LogP contribution in [0, 0.1) is 0 Å². The van der Waals surface area contributed by atoms with Crippen molar-refractivity contribution in [2.24, 2.45) is 5.73 Å². The van der Waals surface area contributed by atoms with Crippen LogP contribution in [0.15, 0.2) is 36.4 Å². The number of nitrogens with one attached hydrogen (secondary N) is 1. The Balaban J connectivity index is 1.82. The zero-order valence-electron chi connectivity index (χ0n) is 13.4. The first-order valence-electron chi connectivity index (χ1n) is 8.16. The molecule has 5 nitrogen and oxygen atoms in total. The molecule has 0 radical (unpaired) electrons. The summed E-state index contributed by atoms with van der Waals surface area (Å²) in [5.41, 5.74) is 7.92.